The highest BCUT2D eigenvalue weighted by Crippen LogP contribution is 1.96. The quantitative estimate of drug-likeness (QED) is 0.537. The molecule has 1 atom stereocenters. The second-order valence-corrected chi connectivity index (χ2v) is 2.46. The van der Waals surface area contributed by atoms with Gasteiger partial charge in [0.1, 0.15) is 0 Å². The molecule has 3 N–H and O–H groups in total. The summed E-state index contributed by atoms with van der Waals surface area (Å²) in [7, 11) is 0. The minimum atomic E-state index is -1.03. The van der Waals surface area contributed by atoms with E-state index >= 15 is 0 Å². The number of ketones is 2. The van der Waals surface area contributed by atoms with Crippen LogP contribution in [0.25, 0.3) is 0 Å². The molecule has 0 saturated carbocycles. The number of hydrogen-bond donors (Lipinski definition) is 2. The third kappa shape index (κ3) is 3.82. The van der Waals surface area contributed by atoms with Crippen LogP contribution in [0, 0.1) is 0 Å². The number of carbonyl (C=O) groups excluding carboxylic acids is 2. The Morgan fingerprint density at radius 1 is 1.42 bits per heavy atom. The van der Waals surface area contributed by atoms with Crippen molar-refractivity contribution in [2.45, 2.75) is 25.8 Å². The topological polar surface area (TPSA) is 97.5 Å². The first-order chi connectivity index (χ1) is 5.45. The molecule has 0 bridgehead atoms. The van der Waals surface area contributed by atoms with Gasteiger partial charge in [0, 0.05) is 13.3 Å². The van der Waals surface area contributed by atoms with Crippen LogP contribution in [0.15, 0.2) is 0 Å². The molecule has 0 aromatic carbocycles. The van der Waals surface area contributed by atoms with Crippen LogP contribution in [0.3, 0.4) is 0 Å². The van der Waals surface area contributed by atoms with Gasteiger partial charge >= 0.3 is 5.97 Å². The molecule has 0 radical (unpaired) electrons. The van der Waals surface area contributed by atoms with E-state index < -0.39 is 23.6 Å². The van der Waals surface area contributed by atoms with Crippen LogP contribution in [0.5, 0.6) is 0 Å². The van der Waals surface area contributed by atoms with Crippen molar-refractivity contribution in [3.63, 3.8) is 0 Å². The molecule has 0 heterocycles. The zero-order valence-electron chi connectivity index (χ0n) is 6.74. The molecule has 0 aromatic rings. The van der Waals surface area contributed by atoms with E-state index in [2.05, 4.69) is 0 Å². The maximum absolute atomic E-state index is 10.8. The highest BCUT2D eigenvalue weighted by atomic mass is 16.4. The summed E-state index contributed by atoms with van der Waals surface area (Å²) in [6, 6.07) is -0.974. The molecule has 12 heavy (non-hydrogen) atoms. The van der Waals surface area contributed by atoms with Crippen molar-refractivity contribution in [1.82, 2.24) is 0 Å². The van der Waals surface area contributed by atoms with E-state index in [-0.39, 0.29) is 12.8 Å². The molecule has 0 fully saturated rings. The molecule has 5 heteroatoms. The minimum absolute atomic E-state index is 0.00769. The largest absolute Gasteiger partial charge is 0.481 e. The molecular formula is C7H11NO4. The van der Waals surface area contributed by atoms with Crippen LogP contribution >= 0.6 is 0 Å². The predicted octanol–water partition coefficient (Wildman–Crippen LogP) is -0.663. The fraction of sp³-hybridized carbons (Fsp3) is 0.571. The first-order valence-corrected chi connectivity index (χ1v) is 3.47. The number of hydrogen-bond acceptors (Lipinski definition) is 4. The fourth-order valence-electron chi connectivity index (χ4n) is 0.671. The lowest BCUT2D eigenvalue weighted by atomic mass is 10.1. The Labute approximate surface area is 69.5 Å². The highest BCUT2D eigenvalue weighted by Gasteiger charge is 2.18. The lowest BCUT2D eigenvalue weighted by Crippen LogP contribution is -2.35. The van der Waals surface area contributed by atoms with Crippen LogP contribution in [0.1, 0.15) is 19.8 Å². The molecule has 68 valence electrons. The van der Waals surface area contributed by atoms with Gasteiger partial charge in [-0.15, -0.1) is 0 Å². The Balaban J connectivity index is 3.87. The van der Waals surface area contributed by atoms with Gasteiger partial charge in [-0.1, -0.05) is 0 Å². The summed E-state index contributed by atoms with van der Waals surface area (Å²) in [6.07, 6.45) is -0.187. The molecule has 0 aliphatic carbocycles. The zero-order chi connectivity index (χ0) is 9.72. The summed E-state index contributed by atoms with van der Waals surface area (Å²) in [5.41, 5.74) is 5.23. The van der Waals surface area contributed by atoms with Gasteiger partial charge in [0.2, 0.25) is 5.78 Å². The summed E-state index contributed by atoms with van der Waals surface area (Å²) >= 11 is 0. The average Bonchev–Trinajstić information content (AvgIpc) is 1.98. The molecule has 0 aliphatic rings. The maximum atomic E-state index is 10.8. The number of carboxylic acid groups (broad SMARTS) is 1. The molecule has 0 saturated heterocycles. The molecule has 0 amide bonds. The Morgan fingerprint density at radius 3 is 2.25 bits per heavy atom. The van der Waals surface area contributed by atoms with Crippen LogP contribution in [-0.2, 0) is 14.4 Å². The molecule has 0 spiro atoms. The van der Waals surface area contributed by atoms with E-state index in [1.54, 1.807) is 0 Å². The number of nitrogens with two attached hydrogens (primary N) is 1. The van der Waals surface area contributed by atoms with E-state index in [0.29, 0.717) is 0 Å². The number of carboxylic acids is 1. The molecule has 0 unspecified atom stereocenters. The van der Waals surface area contributed by atoms with E-state index in [0.717, 1.165) is 6.92 Å². The SMILES string of the molecule is CC(=O)C(=O)[C@@H](N)CCC(=O)O. The van der Waals surface area contributed by atoms with Crippen LogP contribution < -0.4 is 5.73 Å². The molecule has 5 nitrogen and oxygen atoms in total. The molecule has 0 aromatic heterocycles. The lowest BCUT2D eigenvalue weighted by Gasteiger charge is -2.04. The monoisotopic (exact) mass is 173 g/mol. The van der Waals surface area contributed by atoms with Crippen molar-refractivity contribution in [3.05, 3.63) is 0 Å². The second kappa shape index (κ2) is 4.61. The van der Waals surface area contributed by atoms with Crippen LogP contribution in [0.2, 0.25) is 0 Å². The van der Waals surface area contributed by atoms with Gasteiger partial charge in [-0.25, -0.2) is 0 Å². The lowest BCUT2D eigenvalue weighted by molar-refractivity contribution is -0.138. The summed E-state index contributed by atoms with van der Waals surface area (Å²) < 4.78 is 0. The maximum Gasteiger partial charge on any atom is 0.303 e. The van der Waals surface area contributed by atoms with Crippen molar-refractivity contribution >= 4 is 17.5 Å². The van der Waals surface area contributed by atoms with E-state index in [9.17, 15) is 14.4 Å². The summed E-state index contributed by atoms with van der Waals surface area (Å²) in [4.78, 5) is 31.3. The Morgan fingerprint density at radius 2 is 1.92 bits per heavy atom. The smallest absolute Gasteiger partial charge is 0.303 e. The van der Waals surface area contributed by atoms with E-state index in [4.69, 9.17) is 10.8 Å². The van der Waals surface area contributed by atoms with Gasteiger partial charge in [0.25, 0.3) is 0 Å². The average molecular weight is 173 g/mol. The summed E-state index contributed by atoms with van der Waals surface area (Å²) in [6.45, 7) is 1.11. The third-order valence-corrected chi connectivity index (χ3v) is 1.35. The van der Waals surface area contributed by atoms with Crippen molar-refractivity contribution in [2.24, 2.45) is 5.73 Å². The number of rotatable bonds is 5. The number of aliphatic carboxylic acids is 1. The first-order valence-electron chi connectivity index (χ1n) is 3.47. The van der Waals surface area contributed by atoms with Gasteiger partial charge in [0.05, 0.1) is 6.04 Å². The number of Topliss-reactive ketones (excluding diaryl/α,β-unsaturated/α-hetero) is 2. The Hall–Kier alpha value is -1.23. The van der Waals surface area contributed by atoms with Crippen LogP contribution in [0.4, 0.5) is 0 Å². The van der Waals surface area contributed by atoms with Gasteiger partial charge in [0.15, 0.2) is 5.78 Å². The normalized spacial score (nSPS) is 12.2. The predicted molar refractivity (Wildman–Crippen MR) is 40.5 cm³/mol. The van der Waals surface area contributed by atoms with Crippen molar-refractivity contribution in [1.29, 1.82) is 0 Å². The van der Waals surface area contributed by atoms with E-state index in [1.165, 1.54) is 0 Å². The van der Waals surface area contributed by atoms with Gasteiger partial charge in [-0.3, -0.25) is 14.4 Å². The number of carbonyl (C=O) groups is 3. The van der Waals surface area contributed by atoms with Gasteiger partial charge < -0.3 is 10.8 Å². The summed E-state index contributed by atoms with van der Waals surface area (Å²) in [5, 5.41) is 8.23. The standard InChI is InChI=1S/C7H11NO4/c1-4(9)7(12)5(8)2-3-6(10)11/h5H,2-3,8H2,1H3,(H,10,11)/t5-/m0/s1. The minimum Gasteiger partial charge on any atom is -0.481 e. The van der Waals surface area contributed by atoms with Crippen molar-refractivity contribution in [2.75, 3.05) is 0 Å². The zero-order valence-corrected chi connectivity index (χ0v) is 6.74. The third-order valence-electron chi connectivity index (χ3n) is 1.35. The van der Waals surface area contributed by atoms with Crippen molar-refractivity contribution in [3.8, 4) is 0 Å². The van der Waals surface area contributed by atoms with Gasteiger partial charge in [-0.2, -0.15) is 0 Å². The second-order valence-electron chi connectivity index (χ2n) is 2.46. The molecule has 0 rings (SSSR count). The first kappa shape index (κ1) is 10.8. The van der Waals surface area contributed by atoms with E-state index in [1.807, 2.05) is 0 Å². The summed E-state index contributed by atoms with van der Waals surface area (Å²) in [5.74, 6) is -2.37. The Kier molecular flexibility index (Phi) is 4.14. The van der Waals surface area contributed by atoms with Gasteiger partial charge in [-0.05, 0) is 6.42 Å². The molecular weight excluding hydrogens is 162 g/mol. The molecule has 0 aliphatic heterocycles. The van der Waals surface area contributed by atoms with Crippen LogP contribution in [-0.4, -0.2) is 28.7 Å². The Bertz CT molecular complexity index is 211. The highest BCUT2D eigenvalue weighted by molar-refractivity contribution is 6.38. The van der Waals surface area contributed by atoms with Crippen molar-refractivity contribution < 1.29 is 19.5 Å². The fourth-order valence-corrected chi connectivity index (χ4v) is 0.671.